The minimum absolute atomic E-state index is 0.170. The maximum atomic E-state index is 11.6. The molecule has 0 amide bonds. The van der Waals surface area contributed by atoms with E-state index in [4.69, 9.17) is 11.6 Å². The van der Waals surface area contributed by atoms with Gasteiger partial charge >= 0.3 is 0 Å². The first-order chi connectivity index (χ1) is 6.47. The van der Waals surface area contributed by atoms with Crippen molar-refractivity contribution in [2.75, 3.05) is 6.54 Å². The third kappa shape index (κ3) is 2.43. The predicted molar refractivity (Wildman–Crippen MR) is 54.8 cm³/mol. The topological polar surface area (TPSA) is 59.1 Å². The van der Waals surface area contributed by atoms with E-state index in [0.29, 0.717) is 12.1 Å². The highest BCUT2D eigenvalue weighted by Gasteiger charge is 2.15. The number of halogens is 1. The van der Waals surface area contributed by atoms with Gasteiger partial charge in [-0.05, 0) is 18.6 Å². The summed E-state index contributed by atoms with van der Waals surface area (Å²) in [5.41, 5.74) is 0.589. The van der Waals surface area contributed by atoms with Crippen LogP contribution in [-0.2, 0) is 10.0 Å². The summed E-state index contributed by atoms with van der Waals surface area (Å²) in [6.07, 6.45) is 1.26. The lowest BCUT2D eigenvalue weighted by Crippen LogP contribution is -2.24. The number of nitrogens with zero attached hydrogens (tertiary/aromatic N) is 1. The number of pyridine rings is 1. The summed E-state index contributed by atoms with van der Waals surface area (Å²) in [6, 6.07) is 1.52. The molecule has 1 rings (SSSR count). The molecule has 0 unspecified atom stereocenters. The predicted octanol–water partition coefficient (Wildman–Crippen LogP) is 1.34. The summed E-state index contributed by atoms with van der Waals surface area (Å²) < 4.78 is 25.5. The van der Waals surface area contributed by atoms with Crippen LogP contribution in [0.1, 0.15) is 12.5 Å². The Morgan fingerprint density at radius 1 is 1.57 bits per heavy atom. The Morgan fingerprint density at radius 3 is 2.71 bits per heavy atom. The second-order valence-corrected chi connectivity index (χ2v) is 4.90. The molecule has 1 heterocycles. The normalized spacial score (nSPS) is 11.6. The average molecular weight is 235 g/mol. The van der Waals surface area contributed by atoms with Crippen molar-refractivity contribution in [1.29, 1.82) is 0 Å². The molecule has 0 aliphatic carbocycles. The minimum Gasteiger partial charge on any atom is -0.243 e. The Labute approximate surface area is 88.4 Å². The number of aromatic nitrogens is 1. The summed E-state index contributed by atoms with van der Waals surface area (Å²) in [5.74, 6) is 0. The maximum absolute atomic E-state index is 11.6. The molecule has 0 radical (unpaired) electrons. The first kappa shape index (κ1) is 11.4. The molecule has 0 bridgehead atoms. The van der Waals surface area contributed by atoms with Gasteiger partial charge in [-0.1, -0.05) is 18.5 Å². The second-order valence-electron chi connectivity index (χ2n) is 2.77. The summed E-state index contributed by atoms with van der Waals surface area (Å²) in [5, 5.41) is 0.290. The highest BCUT2D eigenvalue weighted by Crippen LogP contribution is 2.16. The fourth-order valence-corrected chi connectivity index (χ4v) is 2.48. The summed E-state index contributed by atoms with van der Waals surface area (Å²) in [4.78, 5) is 3.90. The van der Waals surface area contributed by atoms with Crippen LogP contribution in [0.3, 0.4) is 0 Å². The molecular formula is C8H11ClN2O2S. The van der Waals surface area contributed by atoms with Crippen LogP contribution in [-0.4, -0.2) is 19.9 Å². The first-order valence-corrected chi connectivity index (χ1v) is 5.95. The Hall–Kier alpha value is -0.650. The Morgan fingerprint density at radius 2 is 2.21 bits per heavy atom. The summed E-state index contributed by atoms with van der Waals surface area (Å²) in [7, 11) is -3.43. The van der Waals surface area contributed by atoms with E-state index in [-0.39, 0.29) is 10.0 Å². The fourth-order valence-electron chi connectivity index (χ4n) is 1.06. The van der Waals surface area contributed by atoms with E-state index in [2.05, 4.69) is 9.71 Å². The van der Waals surface area contributed by atoms with Gasteiger partial charge in [0.05, 0.1) is 0 Å². The number of rotatable bonds is 3. The number of sulfonamides is 1. The molecule has 0 aliphatic rings. The van der Waals surface area contributed by atoms with E-state index in [9.17, 15) is 8.42 Å². The molecule has 0 aromatic carbocycles. The molecule has 6 heteroatoms. The van der Waals surface area contributed by atoms with Crippen LogP contribution in [0.5, 0.6) is 0 Å². The van der Waals surface area contributed by atoms with Crippen LogP contribution in [0.25, 0.3) is 0 Å². The molecule has 1 aromatic rings. The maximum Gasteiger partial charge on any atom is 0.242 e. The van der Waals surface area contributed by atoms with E-state index in [1.165, 1.54) is 12.3 Å². The molecule has 0 fully saturated rings. The zero-order chi connectivity index (χ0) is 10.8. The van der Waals surface area contributed by atoms with E-state index in [1.807, 2.05) is 0 Å². The van der Waals surface area contributed by atoms with Gasteiger partial charge in [0.2, 0.25) is 10.0 Å². The second kappa shape index (κ2) is 4.25. The van der Waals surface area contributed by atoms with Crippen LogP contribution in [0.2, 0.25) is 5.15 Å². The van der Waals surface area contributed by atoms with E-state index in [0.717, 1.165) is 0 Å². The highest BCUT2D eigenvalue weighted by molar-refractivity contribution is 7.89. The third-order valence-corrected chi connectivity index (χ3v) is 3.54. The van der Waals surface area contributed by atoms with Gasteiger partial charge < -0.3 is 0 Å². The van der Waals surface area contributed by atoms with Gasteiger partial charge in [-0.3, -0.25) is 0 Å². The van der Waals surface area contributed by atoms with Crippen molar-refractivity contribution in [3.05, 3.63) is 23.0 Å². The van der Waals surface area contributed by atoms with E-state index >= 15 is 0 Å². The number of hydrogen-bond donors (Lipinski definition) is 1. The minimum atomic E-state index is -3.43. The zero-order valence-electron chi connectivity index (χ0n) is 7.91. The summed E-state index contributed by atoms with van der Waals surface area (Å²) in [6.45, 7) is 3.75. The molecule has 0 spiro atoms. The largest absolute Gasteiger partial charge is 0.243 e. The number of aryl methyl sites for hydroxylation is 1. The molecule has 1 aromatic heterocycles. The molecule has 78 valence electrons. The third-order valence-electron chi connectivity index (χ3n) is 1.65. The van der Waals surface area contributed by atoms with Gasteiger partial charge in [0.15, 0.2) is 0 Å². The number of hydrogen-bond acceptors (Lipinski definition) is 3. The van der Waals surface area contributed by atoms with Crippen molar-refractivity contribution < 1.29 is 8.42 Å². The molecule has 1 N–H and O–H groups in total. The lowest BCUT2D eigenvalue weighted by Gasteiger charge is -2.06. The van der Waals surface area contributed by atoms with Crippen molar-refractivity contribution in [2.45, 2.75) is 18.7 Å². The first-order valence-electron chi connectivity index (χ1n) is 4.09. The van der Waals surface area contributed by atoms with Gasteiger partial charge in [-0.15, -0.1) is 0 Å². The van der Waals surface area contributed by atoms with Crippen LogP contribution in [0, 0.1) is 6.92 Å². The van der Waals surface area contributed by atoms with E-state index in [1.54, 1.807) is 13.8 Å². The Kier molecular flexibility index (Phi) is 3.47. The molecule has 0 saturated heterocycles. The smallest absolute Gasteiger partial charge is 0.242 e. The lowest BCUT2D eigenvalue weighted by atomic mass is 10.3. The molecule has 0 atom stereocenters. The Balaban J connectivity index is 3.20. The standard InChI is InChI=1S/C8H11ClN2O2S/c1-3-11-14(12,13)7-5-10-8(9)4-6(7)2/h4-5,11H,3H2,1-2H3. The van der Waals surface area contributed by atoms with Crippen LogP contribution < -0.4 is 4.72 Å². The van der Waals surface area contributed by atoms with E-state index < -0.39 is 10.0 Å². The fraction of sp³-hybridized carbons (Fsp3) is 0.375. The molecule has 4 nitrogen and oxygen atoms in total. The highest BCUT2D eigenvalue weighted by atomic mass is 35.5. The Bertz CT molecular complexity index is 431. The SMILES string of the molecule is CCNS(=O)(=O)c1cnc(Cl)cc1C. The molecule has 0 saturated carbocycles. The van der Waals surface area contributed by atoms with Crippen LogP contribution in [0.4, 0.5) is 0 Å². The molecule has 0 aliphatic heterocycles. The van der Waals surface area contributed by atoms with Gasteiger partial charge in [0.25, 0.3) is 0 Å². The van der Waals surface area contributed by atoms with Crippen LogP contribution >= 0.6 is 11.6 Å². The van der Waals surface area contributed by atoms with Crippen molar-refractivity contribution in [3.63, 3.8) is 0 Å². The summed E-state index contributed by atoms with van der Waals surface area (Å²) >= 11 is 5.62. The van der Waals surface area contributed by atoms with Crippen molar-refractivity contribution in [3.8, 4) is 0 Å². The zero-order valence-corrected chi connectivity index (χ0v) is 9.48. The average Bonchev–Trinajstić information content (AvgIpc) is 2.02. The monoisotopic (exact) mass is 234 g/mol. The van der Waals surface area contributed by atoms with Gasteiger partial charge in [-0.2, -0.15) is 0 Å². The molecular weight excluding hydrogens is 224 g/mol. The van der Waals surface area contributed by atoms with Crippen LogP contribution in [0.15, 0.2) is 17.2 Å². The quantitative estimate of drug-likeness (QED) is 0.803. The molecule has 14 heavy (non-hydrogen) atoms. The van der Waals surface area contributed by atoms with Gasteiger partial charge in [0, 0.05) is 12.7 Å². The number of nitrogens with one attached hydrogen (secondary N) is 1. The van der Waals surface area contributed by atoms with Crippen molar-refractivity contribution in [1.82, 2.24) is 9.71 Å². The van der Waals surface area contributed by atoms with Crippen molar-refractivity contribution in [2.24, 2.45) is 0 Å². The van der Waals surface area contributed by atoms with Crippen molar-refractivity contribution >= 4 is 21.6 Å². The van der Waals surface area contributed by atoms with Gasteiger partial charge in [-0.25, -0.2) is 18.1 Å². The lowest BCUT2D eigenvalue weighted by molar-refractivity contribution is 0.583. The van der Waals surface area contributed by atoms with Gasteiger partial charge in [0.1, 0.15) is 10.0 Å².